The summed E-state index contributed by atoms with van der Waals surface area (Å²) in [5.74, 6) is 0.318. The van der Waals surface area contributed by atoms with Gasteiger partial charge in [-0.05, 0) is 29.5 Å². The van der Waals surface area contributed by atoms with Crippen LogP contribution in [0.2, 0.25) is 0 Å². The van der Waals surface area contributed by atoms with E-state index in [9.17, 15) is 13.2 Å². The average Bonchev–Trinajstić information content (AvgIpc) is 2.59. The second kappa shape index (κ2) is 7.30. The van der Waals surface area contributed by atoms with Crippen molar-refractivity contribution in [1.82, 2.24) is 10.2 Å². The molecule has 11 heteroatoms. The molecule has 3 rings (SSSR count). The predicted octanol–water partition coefficient (Wildman–Crippen LogP) is 4.78. The standard InChI is InChI=1S/C15H10F3N5S3/c1-23-11-5-12(24)20-21-13(11)26-14(22-23)25-7-8-2-3-10(15(16,17)18)4-9(8)6-19/h2-5H,7H2,1H3,(H,20,24). The van der Waals surface area contributed by atoms with E-state index in [0.29, 0.717) is 25.4 Å². The van der Waals surface area contributed by atoms with Gasteiger partial charge in [-0.2, -0.15) is 28.6 Å². The van der Waals surface area contributed by atoms with E-state index in [-0.39, 0.29) is 5.56 Å². The van der Waals surface area contributed by atoms with Crippen LogP contribution in [0.5, 0.6) is 0 Å². The zero-order chi connectivity index (χ0) is 18.9. The van der Waals surface area contributed by atoms with Crippen molar-refractivity contribution in [3.05, 3.63) is 45.6 Å². The quantitative estimate of drug-likeness (QED) is 0.715. The molecule has 0 saturated carbocycles. The Morgan fingerprint density at radius 3 is 2.85 bits per heavy atom. The summed E-state index contributed by atoms with van der Waals surface area (Å²) in [6.07, 6.45) is -4.47. The Hall–Kier alpha value is -2.03. The summed E-state index contributed by atoms with van der Waals surface area (Å²) in [6.45, 7) is 0. The van der Waals surface area contributed by atoms with Crippen molar-refractivity contribution in [2.75, 3.05) is 12.1 Å². The number of nitrogens with zero attached hydrogens (tertiary/aromatic N) is 4. The molecule has 1 aromatic heterocycles. The molecule has 1 N–H and O–H groups in total. The average molecular weight is 413 g/mol. The summed E-state index contributed by atoms with van der Waals surface area (Å²) < 4.78 is 39.5. The van der Waals surface area contributed by atoms with E-state index in [1.165, 1.54) is 29.6 Å². The maximum atomic E-state index is 12.8. The van der Waals surface area contributed by atoms with Crippen molar-refractivity contribution in [3.63, 3.8) is 0 Å². The molecule has 0 radical (unpaired) electrons. The lowest BCUT2D eigenvalue weighted by atomic mass is 10.1. The van der Waals surface area contributed by atoms with Crippen LogP contribution in [-0.2, 0) is 11.9 Å². The van der Waals surface area contributed by atoms with E-state index >= 15 is 0 Å². The van der Waals surface area contributed by atoms with Gasteiger partial charge in [0.05, 0.1) is 22.9 Å². The highest BCUT2D eigenvalue weighted by molar-refractivity contribution is 8.38. The predicted molar refractivity (Wildman–Crippen MR) is 98.6 cm³/mol. The Labute approximate surface area is 160 Å². The highest BCUT2D eigenvalue weighted by Crippen LogP contribution is 2.38. The first-order valence-electron chi connectivity index (χ1n) is 7.11. The summed E-state index contributed by atoms with van der Waals surface area (Å²) in [7, 11) is 1.76. The zero-order valence-electron chi connectivity index (χ0n) is 13.2. The van der Waals surface area contributed by atoms with Crippen molar-refractivity contribution >= 4 is 45.8 Å². The number of anilines is 1. The molecular formula is C15H10F3N5S3. The van der Waals surface area contributed by atoms with Crippen molar-refractivity contribution in [3.8, 4) is 6.07 Å². The summed E-state index contributed by atoms with van der Waals surface area (Å²) in [5, 5.41) is 22.8. The third-order valence-corrected chi connectivity index (χ3v) is 5.77. The Kier molecular flexibility index (Phi) is 5.27. The molecule has 1 aliphatic heterocycles. The van der Waals surface area contributed by atoms with Gasteiger partial charge in [0.2, 0.25) is 0 Å². The van der Waals surface area contributed by atoms with Crippen LogP contribution in [0.1, 0.15) is 16.7 Å². The van der Waals surface area contributed by atoms with Crippen LogP contribution < -0.4 is 5.01 Å². The summed E-state index contributed by atoms with van der Waals surface area (Å²) in [6, 6.07) is 6.76. The van der Waals surface area contributed by atoms with Gasteiger partial charge in [-0.15, -0.1) is 0 Å². The van der Waals surface area contributed by atoms with Gasteiger partial charge in [0.25, 0.3) is 0 Å². The molecule has 0 spiro atoms. The van der Waals surface area contributed by atoms with Gasteiger partial charge >= 0.3 is 6.18 Å². The molecule has 1 aromatic carbocycles. The number of hydrogen-bond acceptors (Lipinski definition) is 7. The number of hydrogen-bond donors (Lipinski definition) is 1. The molecule has 5 nitrogen and oxygen atoms in total. The number of nitrogens with one attached hydrogen (secondary N) is 1. The number of alkyl halides is 3. The van der Waals surface area contributed by atoms with Crippen LogP contribution >= 0.6 is 35.7 Å². The third-order valence-electron chi connectivity index (χ3n) is 3.43. The molecule has 2 aromatic rings. The van der Waals surface area contributed by atoms with Gasteiger partial charge in [-0.1, -0.05) is 30.0 Å². The van der Waals surface area contributed by atoms with Gasteiger partial charge in [0.1, 0.15) is 9.67 Å². The normalized spacial score (nSPS) is 13.8. The molecule has 0 unspecified atom stereocenters. The number of aromatic nitrogens is 2. The van der Waals surface area contributed by atoms with Crippen LogP contribution in [0, 0.1) is 16.0 Å². The van der Waals surface area contributed by atoms with E-state index in [4.69, 9.17) is 17.5 Å². The van der Waals surface area contributed by atoms with Crippen molar-refractivity contribution < 1.29 is 13.2 Å². The lowest BCUT2D eigenvalue weighted by Gasteiger charge is -2.22. The Morgan fingerprint density at radius 2 is 2.15 bits per heavy atom. The third kappa shape index (κ3) is 4.03. The van der Waals surface area contributed by atoms with Crippen molar-refractivity contribution in [1.29, 1.82) is 5.26 Å². The minimum absolute atomic E-state index is 0.00435. The van der Waals surface area contributed by atoms with Crippen LogP contribution in [0.4, 0.5) is 18.9 Å². The number of benzene rings is 1. The Morgan fingerprint density at radius 1 is 1.38 bits per heavy atom. The largest absolute Gasteiger partial charge is 0.416 e. The van der Waals surface area contributed by atoms with Crippen LogP contribution in [-0.4, -0.2) is 21.6 Å². The molecule has 134 valence electrons. The van der Waals surface area contributed by atoms with Crippen LogP contribution in [0.25, 0.3) is 0 Å². The van der Waals surface area contributed by atoms with Gasteiger partial charge < -0.3 is 0 Å². The number of aromatic amines is 1. The zero-order valence-corrected chi connectivity index (χ0v) is 15.6. The molecule has 0 fully saturated rings. The fourth-order valence-corrected chi connectivity index (χ4v) is 4.38. The van der Waals surface area contributed by atoms with E-state index in [2.05, 4.69) is 15.3 Å². The number of hydrazone groups is 1. The van der Waals surface area contributed by atoms with E-state index in [1.54, 1.807) is 18.1 Å². The fourth-order valence-electron chi connectivity index (χ4n) is 2.15. The number of H-pyrrole nitrogens is 1. The highest BCUT2D eigenvalue weighted by Gasteiger charge is 2.31. The Balaban J connectivity index is 1.77. The number of halogens is 3. The summed E-state index contributed by atoms with van der Waals surface area (Å²) in [4.78, 5) is 0. The molecule has 0 atom stereocenters. The second-order valence-corrected chi connectivity index (χ2v) is 7.82. The molecular weight excluding hydrogens is 403 g/mol. The van der Waals surface area contributed by atoms with Gasteiger partial charge in [0.15, 0.2) is 4.38 Å². The molecule has 0 amide bonds. The molecule has 0 saturated heterocycles. The molecule has 0 aliphatic carbocycles. The molecule has 1 aliphatic rings. The SMILES string of the molecule is CN1N=C(SCc2ccc(C(F)(F)F)cc2C#N)Sc2n[nH]c(=S)cc21. The topological polar surface area (TPSA) is 68.1 Å². The maximum absolute atomic E-state index is 12.8. The van der Waals surface area contributed by atoms with E-state index < -0.39 is 11.7 Å². The number of rotatable bonds is 2. The maximum Gasteiger partial charge on any atom is 0.416 e. The lowest BCUT2D eigenvalue weighted by Crippen LogP contribution is -2.17. The van der Waals surface area contributed by atoms with Crippen LogP contribution in [0.3, 0.4) is 0 Å². The lowest BCUT2D eigenvalue weighted by molar-refractivity contribution is -0.137. The van der Waals surface area contributed by atoms with E-state index in [1.807, 2.05) is 6.07 Å². The number of thioether (sulfide) groups is 2. The fraction of sp³-hybridized carbons (Fsp3) is 0.200. The van der Waals surface area contributed by atoms with Crippen molar-refractivity contribution in [2.24, 2.45) is 5.10 Å². The first kappa shape index (κ1) is 18.8. The minimum Gasteiger partial charge on any atom is -0.267 e. The van der Waals surface area contributed by atoms with Gasteiger partial charge in [0, 0.05) is 18.9 Å². The van der Waals surface area contributed by atoms with E-state index in [0.717, 1.165) is 17.8 Å². The minimum atomic E-state index is -4.47. The Bertz CT molecular complexity index is 978. The van der Waals surface area contributed by atoms with Crippen LogP contribution in [0.15, 0.2) is 34.4 Å². The number of nitriles is 1. The van der Waals surface area contributed by atoms with Gasteiger partial charge in [-0.3, -0.25) is 10.1 Å². The molecule has 26 heavy (non-hydrogen) atoms. The first-order valence-corrected chi connectivity index (χ1v) is 9.32. The smallest absolute Gasteiger partial charge is 0.267 e. The highest BCUT2D eigenvalue weighted by atomic mass is 32.2. The molecule has 0 bridgehead atoms. The van der Waals surface area contributed by atoms with Gasteiger partial charge in [-0.25, -0.2) is 0 Å². The number of fused-ring (bicyclic) bond motifs is 1. The first-order chi connectivity index (χ1) is 12.3. The second-order valence-electron chi connectivity index (χ2n) is 5.18. The van der Waals surface area contributed by atoms with Crippen molar-refractivity contribution in [2.45, 2.75) is 17.0 Å². The summed E-state index contributed by atoms with van der Waals surface area (Å²) >= 11 is 7.69. The molecule has 2 heterocycles. The monoisotopic (exact) mass is 413 g/mol. The summed E-state index contributed by atoms with van der Waals surface area (Å²) in [5.41, 5.74) is 0.461.